The molecule has 0 atom stereocenters. The molecule has 0 fully saturated rings. The molecule has 1 heterocycles. The van der Waals surface area contributed by atoms with Gasteiger partial charge in [0.2, 0.25) is 0 Å². The molecule has 0 bridgehead atoms. The largest absolute Gasteiger partial charge is 0.433 e. The zero-order valence-electron chi connectivity index (χ0n) is 13.2. The molecule has 27 heavy (non-hydrogen) atoms. The van der Waals surface area contributed by atoms with Gasteiger partial charge in [0.15, 0.2) is 5.82 Å². The number of nitrogens with zero attached hydrogens (tertiary/aromatic N) is 1. The van der Waals surface area contributed by atoms with Crippen LogP contribution in [0.3, 0.4) is 0 Å². The summed E-state index contributed by atoms with van der Waals surface area (Å²) in [4.78, 5) is -0.135. The van der Waals surface area contributed by atoms with E-state index in [2.05, 4.69) is 9.82 Å². The molecule has 0 saturated carbocycles. The molecular formula is C16H10Cl2F3N3O2S. The van der Waals surface area contributed by atoms with Crippen molar-refractivity contribution in [2.24, 2.45) is 0 Å². The molecule has 5 nitrogen and oxygen atoms in total. The number of benzene rings is 2. The maximum atomic E-state index is 13.4. The van der Waals surface area contributed by atoms with Crippen LogP contribution in [0.15, 0.2) is 53.4 Å². The molecule has 0 spiro atoms. The Morgan fingerprint density at radius 1 is 1.04 bits per heavy atom. The van der Waals surface area contributed by atoms with E-state index in [1.54, 1.807) is 6.07 Å². The first-order valence-electron chi connectivity index (χ1n) is 7.28. The number of anilines is 1. The molecule has 0 aliphatic rings. The topological polar surface area (TPSA) is 74.8 Å². The molecule has 2 aromatic carbocycles. The summed E-state index contributed by atoms with van der Waals surface area (Å²) in [6.07, 6.45) is -4.83. The average Bonchev–Trinajstić information content (AvgIpc) is 3.01. The lowest BCUT2D eigenvalue weighted by atomic mass is 10.1. The molecule has 1 aromatic heterocycles. The van der Waals surface area contributed by atoms with E-state index in [-0.39, 0.29) is 20.5 Å². The van der Waals surface area contributed by atoms with Crippen LogP contribution in [0.25, 0.3) is 11.1 Å². The summed E-state index contributed by atoms with van der Waals surface area (Å²) in [5.41, 5.74) is -1.91. The molecule has 2 N–H and O–H groups in total. The standard InChI is InChI=1S/C16H10Cl2F3N3O2S/c17-9-6-7-12(18)11(8-9)13-14(16(19,20)21)22-23-15(13)24-27(25,26)10-4-2-1-3-5-10/h1-8H,(H2,22,23,24). The van der Waals surface area contributed by atoms with Crippen molar-refractivity contribution in [1.82, 2.24) is 10.2 Å². The highest BCUT2D eigenvalue weighted by Crippen LogP contribution is 2.43. The Balaban J connectivity index is 2.18. The van der Waals surface area contributed by atoms with Crippen LogP contribution >= 0.6 is 23.2 Å². The van der Waals surface area contributed by atoms with Gasteiger partial charge in [-0.2, -0.15) is 18.3 Å². The Hall–Kier alpha value is -2.23. The van der Waals surface area contributed by atoms with Gasteiger partial charge in [0, 0.05) is 15.6 Å². The molecule has 0 aliphatic heterocycles. The monoisotopic (exact) mass is 435 g/mol. The number of aromatic amines is 1. The molecule has 0 aliphatic carbocycles. The zero-order valence-corrected chi connectivity index (χ0v) is 15.5. The van der Waals surface area contributed by atoms with Crippen molar-refractivity contribution in [3.05, 3.63) is 64.3 Å². The Labute approximate surface area is 162 Å². The van der Waals surface area contributed by atoms with Gasteiger partial charge in [-0.1, -0.05) is 41.4 Å². The fourth-order valence-electron chi connectivity index (χ4n) is 2.36. The van der Waals surface area contributed by atoms with E-state index in [0.717, 1.165) is 0 Å². The second-order valence-electron chi connectivity index (χ2n) is 5.36. The van der Waals surface area contributed by atoms with Crippen LogP contribution in [-0.2, 0) is 16.2 Å². The smallest absolute Gasteiger partial charge is 0.271 e. The molecule has 3 rings (SSSR count). The first kappa shape index (κ1) is 19.5. The van der Waals surface area contributed by atoms with Crippen LogP contribution in [0.2, 0.25) is 10.0 Å². The van der Waals surface area contributed by atoms with Gasteiger partial charge in [0.25, 0.3) is 10.0 Å². The fraction of sp³-hybridized carbons (Fsp3) is 0.0625. The normalized spacial score (nSPS) is 12.2. The summed E-state index contributed by atoms with van der Waals surface area (Å²) in [7, 11) is -4.17. The number of alkyl halides is 3. The summed E-state index contributed by atoms with van der Waals surface area (Å²) in [5, 5.41) is 5.41. The minimum atomic E-state index is -4.83. The van der Waals surface area contributed by atoms with E-state index in [9.17, 15) is 21.6 Å². The molecule has 0 amide bonds. The fourth-order valence-corrected chi connectivity index (χ4v) is 3.78. The van der Waals surface area contributed by atoms with Crippen molar-refractivity contribution in [3.8, 4) is 11.1 Å². The number of hydrogen-bond donors (Lipinski definition) is 2. The predicted octanol–water partition coefficient (Wildman–Crippen LogP) is 5.20. The van der Waals surface area contributed by atoms with Crippen molar-refractivity contribution in [2.75, 3.05) is 4.72 Å². The Kier molecular flexibility index (Phi) is 5.11. The Morgan fingerprint density at radius 2 is 1.70 bits per heavy atom. The van der Waals surface area contributed by atoms with Gasteiger partial charge in [-0.05, 0) is 30.3 Å². The van der Waals surface area contributed by atoms with Crippen LogP contribution in [0.5, 0.6) is 0 Å². The molecule has 142 valence electrons. The minimum Gasteiger partial charge on any atom is -0.271 e. The molecule has 3 aromatic rings. The van der Waals surface area contributed by atoms with Gasteiger partial charge < -0.3 is 0 Å². The van der Waals surface area contributed by atoms with Crippen LogP contribution in [-0.4, -0.2) is 18.6 Å². The molecular weight excluding hydrogens is 426 g/mol. The van der Waals surface area contributed by atoms with Crippen molar-refractivity contribution in [2.45, 2.75) is 11.1 Å². The Bertz CT molecular complexity index is 1080. The third-order valence-corrected chi connectivity index (χ3v) is 5.45. The van der Waals surface area contributed by atoms with E-state index < -0.39 is 33.3 Å². The van der Waals surface area contributed by atoms with E-state index >= 15 is 0 Å². The van der Waals surface area contributed by atoms with Crippen molar-refractivity contribution in [3.63, 3.8) is 0 Å². The number of nitrogens with one attached hydrogen (secondary N) is 2. The maximum absolute atomic E-state index is 13.4. The SMILES string of the molecule is O=S(=O)(Nc1n[nH]c(C(F)(F)F)c1-c1cc(Cl)ccc1Cl)c1ccccc1. The molecule has 0 unspecified atom stereocenters. The predicted molar refractivity (Wildman–Crippen MR) is 96.3 cm³/mol. The van der Waals surface area contributed by atoms with Crippen molar-refractivity contribution < 1.29 is 21.6 Å². The number of rotatable bonds is 4. The summed E-state index contributed by atoms with van der Waals surface area (Å²) >= 11 is 11.9. The maximum Gasteiger partial charge on any atom is 0.433 e. The van der Waals surface area contributed by atoms with Gasteiger partial charge in [-0.25, -0.2) is 8.42 Å². The first-order valence-corrected chi connectivity index (χ1v) is 9.52. The van der Waals surface area contributed by atoms with E-state index in [1.165, 1.54) is 42.5 Å². The Morgan fingerprint density at radius 3 is 2.33 bits per heavy atom. The van der Waals surface area contributed by atoms with Crippen LogP contribution in [0, 0.1) is 0 Å². The molecule has 0 saturated heterocycles. The molecule has 0 radical (unpaired) electrons. The van der Waals surface area contributed by atoms with Crippen molar-refractivity contribution >= 4 is 39.0 Å². The van der Waals surface area contributed by atoms with Crippen LogP contribution in [0.1, 0.15) is 5.69 Å². The van der Waals surface area contributed by atoms with Gasteiger partial charge in [-0.15, -0.1) is 0 Å². The highest BCUT2D eigenvalue weighted by Gasteiger charge is 2.39. The zero-order chi connectivity index (χ0) is 19.8. The second kappa shape index (κ2) is 7.06. The van der Waals surface area contributed by atoms with Gasteiger partial charge in [-0.3, -0.25) is 9.82 Å². The van der Waals surface area contributed by atoms with Gasteiger partial charge in [0.1, 0.15) is 5.69 Å². The van der Waals surface area contributed by atoms with E-state index in [1.807, 2.05) is 5.10 Å². The summed E-state index contributed by atoms with van der Waals surface area (Å²) < 4.78 is 67.3. The third-order valence-electron chi connectivity index (χ3n) is 3.53. The summed E-state index contributed by atoms with van der Waals surface area (Å²) in [6.45, 7) is 0. The molecule has 11 heteroatoms. The van der Waals surface area contributed by atoms with Crippen LogP contribution < -0.4 is 4.72 Å². The first-order chi connectivity index (χ1) is 12.6. The van der Waals surface area contributed by atoms with Crippen LogP contribution in [0.4, 0.5) is 19.0 Å². The number of halogens is 5. The van der Waals surface area contributed by atoms with Gasteiger partial charge >= 0.3 is 6.18 Å². The average molecular weight is 436 g/mol. The van der Waals surface area contributed by atoms with E-state index in [4.69, 9.17) is 23.2 Å². The summed E-state index contributed by atoms with van der Waals surface area (Å²) in [6, 6.07) is 11.1. The van der Waals surface area contributed by atoms with Gasteiger partial charge in [0.05, 0.1) is 10.5 Å². The lowest BCUT2D eigenvalue weighted by molar-refractivity contribution is -0.140. The minimum absolute atomic E-state index is 0.0496. The highest BCUT2D eigenvalue weighted by molar-refractivity contribution is 7.92. The number of aromatic nitrogens is 2. The third kappa shape index (κ3) is 4.05. The second-order valence-corrected chi connectivity index (χ2v) is 7.89. The highest BCUT2D eigenvalue weighted by atomic mass is 35.5. The van der Waals surface area contributed by atoms with Crippen molar-refractivity contribution in [1.29, 1.82) is 0 Å². The number of hydrogen-bond acceptors (Lipinski definition) is 3. The number of H-pyrrole nitrogens is 1. The van der Waals surface area contributed by atoms with E-state index in [0.29, 0.717) is 0 Å². The number of sulfonamides is 1. The lowest BCUT2D eigenvalue weighted by Gasteiger charge is -2.12. The quantitative estimate of drug-likeness (QED) is 0.590. The lowest BCUT2D eigenvalue weighted by Crippen LogP contribution is -2.14. The summed E-state index contributed by atoms with van der Waals surface area (Å²) in [5.74, 6) is -0.546.